The van der Waals surface area contributed by atoms with Crippen LogP contribution in [0.4, 0.5) is 0 Å². The molecule has 6 nitrogen and oxygen atoms in total. The van der Waals surface area contributed by atoms with Gasteiger partial charge in [0.1, 0.15) is 0 Å². The van der Waals surface area contributed by atoms with Crippen molar-refractivity contribution in [1.29, 1.82) is 0 Å². The van der Waals surface area contributed by atoms with E-state index in [1.54, 1.807) is 6.26 Å². The van der Waals surface area contributed by atoms with Crippen LogP contribution in [0.2, 0.25) is 0 Å². The third-order valence-corrected chi connectivity index (χ3v) is 5.62. The zero-order valence-electron chi connectivity index (χ0n) is 15.2. The maximum Gasteiger partial charge on any atom is 0.199 e. The average molecular weight is 382 g/mol. The fraction of sp³-hybridized carbons (Fsp3) is 0.350. The van der Waals surface area contributed by atoms with Crippen molar-refractivity contribution < 1.29 is 9.21 Å². The van der Waals surface area contributed by atoms with Gasteiger partial charge in [0.25, 0.3) is 0 Å². The number of aromatic nitrogens is 3. The Kier molecular flexibility index (Phi) is 5.05. The van der Waals surface area contributed by atoms with Crippen molar-refractivity contribution in [3.8, 4) is 11.6 Å². The quantitative estimate of drug-likeness (QED) is 0.497. The predicted molar refractivity (Wildman–Crippen MR) is 105 cm³/mol. The van der Waals surface area contributed by atoms with Crippen molar-refractivity contribution >= 4 is 18.0 Å². The molecule has 0 saturated carbocycles. The van der Waals surface area contributed by atoms with Crippen molar-refractivity contribution in [1.82, 2.24) is 19.2 Å². The van der Waals surface area contributed by atoms with Gasteiger partial charge in [-0.3, -0.25) is 9.69 Å². The monoisotopic (exact) mass is 382 g/mol. The molecule has 140 valence electrons. The smallest absolute Gasteiger partial charge is 0.199 e. The molecule has 0 radical (unpaired) electrons. The van der Waals surface area contributed by atoms with Gasteiger partial charge in [-0.05, 0) is 37.2 Å². The molecular formula is C20H22N4O2S. The van der Waals surface area contributed by atoms with E-state index < -0.39 is 0 Å². The van der Waals surface area contributed by atoms with Crippen molar-refractivity contribution in [2.75, 3.05) is 13.1 Å². The molecule has 27 heavy (non-hydrogen) atoms. The van der Waals surface area contributed by atoms with Crippen LogP contribution in [0, 0.1) is 10.7 Å². The van der Waals surface area contributed by atoms with Gasteiger partial charge in [0, 0.05) is 31.6 Å². The van der Waals surface area contributed by atoms with E-state index in [1.165, 1.54) is 0 Å². The number of hydrogen-bond acceptors (Lipinski definition) is 5. The number of rotatable bonds is 5. The fourth-order valence-corrected chi connectivity index (χ4v) is 3.75. The highest BCUT2D eigenvalue weighted by Gasteiger charge is 2.26. The number of Topliss-reactive ketones (excluding diaryl/α,β-unsaturated/α-hetero) is 1. The van der Waals surface area contributed by atoms with Gasteiger partial charge in [0.2, 0.25) is 0 Å². The van der Waals surface area contributed by atoms with Crippen molar-refractivity contribution in [3.63, 3.8) is 0 Å². The van der Waals surface area contributed by atoms with E-state index in [9.17, 15) is 4.79 Å². The molecule has 4 rings (SSSR count). The van der Waals surface area contributed by atoms with Crippen LogP contribution in [0.3, 0.4) is 0 Å². The van der Waals surface area contributed by atoms with Gasteiger partial charge in [-0.2, -0.15) is 0 Å². The van der Waals surface area contributed by atoms with E-state index in [4.69, 9.17) is 16.6 Å². The predicted octanol–water partition coefficient (Wildman–Crippen LogP) is 3.76. The van der Waals surface area contributed by atoms with Crippen LogP contribution in [0.1, 0.15) is 23.2 Å². The lowest BCUT2D eigenvalue weighted by Gasteiger charge is -2.30. The molecule has 0 aliphatic carbocycles. The Bertz CT molecular complexity index is 967. The first-order valence-electron chi connectivity index (χ1n) is 9.13. The number of piperidine rings is 1. The third-order valence-electron chi connectivity index (χ3n) is 5.13. The fourth-order valence-electron chi connectivity index (χ4n) is 3.56. The minimum absolute atomic E-state index is 0.0963. The molecule has 3 heterocycles. The standard InChI is InChI=1S/C20H22N4O2S/c1-22-19(17-8-5-13-26-17)21-24(20(22)27)14-23-11-9-16(10-12-23)18(25)15-6-3-2-4-7-15/h2-8,13,16H,9-12,14H2,1H3. The zero-order valence-corrected chi connectivity index (χ0v) is 16.1. The Morgan fingerprint density at radius 1 is 1.19 bits per heavy atom. The van der Waals surface area contributed by atoms with E-state index in [2.05, 4.69) is 10.00 Å². The SMILES string of the molecule is Cn1c(-c2ccco2)nn(CN2CCC(C(=O)c3ccccc3)CC2)c1=S. The summed E-state index contributed by atoms with van der Waals surface area (Å²) in [5, 5.41) is 4.62. The molecule has 0 atom stereocenters. The largest absolute Gasteiger partial charge is 0.461 e. The van der Waals surface area contributed by atoms with Gasteiger partial charge in [-0.25, -0.2) is 4.68 Å². The summed E-state index contributed by atoms with van der Waals surface area (Å²) in [5.41, 5.74) is 0.811. The van der Waals surface area contributed by atoms with Crippen LogP contribution in [0.15, 0.2) is 53.1 Å². The lowest BCUT2D eigenvalue weighted by Crippen LogP contribution is -2.37. The average Bonchev–Trinajstić information content (AvgIpc) is 3.33. The summed E-state index contributed by atoms with van der Waals surface area (Å²) in [4.78, 5) is 14.9. The molecule has 0 amide bonds. The summed E-state index contributed by atoms with van der Waals surface area (Å²) < 4.78 is 9.79. The van der Waals surface area contributed by atoms with E-state index in [-0.39, 0.29) is 11.7 Å². The topological polar surface area (TPSA) is 56.2 Å². The maximum absolute atomic E-state index is 12.6. The van der Waals surface area contributed by atoms with Gasteiger partial charge in [-0.1, -0.05) is 30.3 Å². The van der Waals surface area contributed by atoms with Gasteiger partial charge in [0.05, 0.1) is 12.9 Å². The van der Waals surface area contributed by atoms with Crippen LogP contribution >= 0.6 is 12.2 Å². The third kappa shape index (κ3) is 3.65. The minimum atomic E-state index is 0.0963. The zero-order chi connectivity index (χ0) is 18.8. The highest BCUT2D eigenvalue weighted by molar-refractivity contribution is 7.71. The Hall–Kier alpha value is -2.51. The van der Waals surface area contributed by atoms with Gasteiger partial charge in [-0.15, -0.1) is 5.10 Å². The van der Waals surface area contributed by atoms with Crippen LogP contribution in [-0.2, 0) is 13.7 Å². The van der Waals surface area contributed by atoms with E-state index in [0.29, 0.717) is 17.2 Å². The lowest BCUT2D eigenvalue weighted by atomic mass is 9.89. The van der Waals surface area contributed by atoms with Crippen LogP contribution < -0.4 is 0 Å². The summed E-state index contributed by atoms with van der Waals surface area (Å²) in [7, 11) is 1.90. The first kappa shape index (κ1) is 17.9. The molecule has 1 fully saturated rings. The number of furan rings is 1. The van der Waals surface area contributed by atoms with Gasteiger partial charge < -0.3 is 8.98 Å². The highest BCUT2D eigenvalue weighted by Crippen LogP contribution is 2.23. The molecule has 0 N–H and O–H groups in total. The van der Waals surface area contributed by atoms with E-state index >= 15 is 0 Å². The molecule has 7 heteroatoms. The number of likely N-dealkylation sites (tertiary alicyclic amines) is 1. The number of hydrogen-bond donors (Lipinski definition) is 0. The number of ketones is 1. The summed E-state index contributed by atoms with van der Waals surface area (Å²) >= 11 is 5.53. The lowest BCUT2D eigenvalue weighted by molar-refractivity contribution is 0.0803. The van der Waals surface area contributed by atoms with E-state index in [1.807, 2.05) is 58.8 Å². The van der Waals surface area contributed by atoms with Crippen LogP contribution in [0.5, 0.6) is 0 Å². The minimum Gasteiger partial charge on any atom is -0.461 e. The van der Waals surface area contributed by atoms with Crippen molar-refractivity contribution in [2.24, 2.45) is 13.0 Å². The van der Waals surface area contributed by atoms with Crippen LogP contribution in [0.25, 0.3) is 11.6 Å². The second kappa shape index (κ2) is 7.62. The molecule has 0 unspecified atom stereocenters. The maximum atomic E-state index is 12.6. The second-order valence-electron chi connectivity index (χ2n) is 6.91. The Balaban J connectivity index is 1.41. The summed E-state index contributed by atoms with van der Waals surface area (Å²) in [5.74, 6) is 1.78. The Labute approximate surface area is 163 Å². The van der Waals surface area contributed by atoms with Crippen molar-refractivity contribution in [2.45, 2.75) is 19.5 Å². The van der Waals surface area contributed by atoms with Gasteiger partial charge >= 0.3 is 0 Å². The number of carbonyl (C=O) groups excluding carboxylic acids is 1. The molecule has 1 aromatic carbocycles. The molecule has 3 aromatic rings. The molecule has 1 saturated heterocycles. The molecule has 2 aromatic heterocycles. The number of carbonyl (C=O) groups is 1. The summed E-state index contributed by atoms with van der Waals surface area (Å²) in [6, 6.07) is 13.3. The Morgan fingerprint density at radius 2 is 1.93 bits per heavy atom. The summed E-state index contributed by atoms with van der Waals surface area (Å²) in [6.45, 7) is 2.34. The molecule has 1 aliphatic heterocycles. The van der Waals surface area contributed by atoms with Crippen molar-refractivity contribution in [3.05, 3.63) is 59.1 Å². The first-order valence-corrected chi connectivity index (χ1v) is 9.53. The summed E-state index contributed by atoms with van der Waals surface area (Å²) in [6.07, 6.45) is 3.35. The number of nitrogens with zero attached hydrogens (tertiary/aromatic N) is 4. The number of benzene rings is 1. The normalized spacial score (nSPS) is 15.9. The molecule has 0 bridgehead atoms. The second-order valence-corrected chi connectivity index (χ2v) is 7.27. The van der Waals surface area contributed by atoms with Crippen LogP contribution in [-0.4, -0.2) is 38.1 Å². The Morgan fingerprint density at radius 3 is 2.59 bits per heavy atom. The van der Waals surface area contributed by atoms with Gasteiger partial charge in [0.15, 0.2) is 22.1 Å². The molecule has 0 spiro atoms. The first-order chi connectivity index (χ1) is 13.1. The van der Waals surface area contributed by atoms with E-state index in [0.717, 1.165) is 37.3 Å². The molecular weight excluding hydrogens is 360 g/mol. The molecule has 1 aliphatic rings. The highest BCUT2D eigenvalue weighted by atomic mass is 32.1.